The molecule has 5 aliphatic rings. The summed E-state index contributed by atoms with van der Waals surface area (Å²) in [6.45, 7) is -1.24. The average molecular weight is 1470 g/mol. The fourth-order valence-corrected chi connectivity index (χ4v) is 13.5. The summed E-state index contributed by atoms with van der Waals surface area (Å²) in [6, 6.07) is 50.4. The Morgan fingerprint density at radius 3 is 1.17 bits per heavy atom. The molecule has 11 rings (SSSR count). The number of esters is 1. The van der Waals surface area contributed by atoms with E-state index >= 15 is 0 Å². The van der Waals surface area contributed by atoms with Gasteiger partial charge in [-0.05, 0) is 44.4 Å². The Balaban J connectivity index is 0.915. The molecule has 10 unspecified atom stereocenters. The molecule has 0 spiro atoms. The second kappa shape index (κ2) is 39.2. The van der Waals surface area contributed by atoms with Crippen LogP contribution in [-0.4, -0.2) is 224 Å². The third kappa shape index (κ3) is 19.7. The Kier molecular flexibility index (Phi) is 29.3. The number of azide groups is 2. The highest BCUT2D eigenvalue weighted by molar-refractivity contribution is 5.75. The molecule has 0 radical (unpaired) electrons. The quantitative estimate of drug-likeness (QED) is 0.0112. The number of methoxy groups -OCH3 is 2. The molecule has 5 fully saturated rings. The summed E-state index contributed by atoms with van der Waals surface area (Å²) in [6.07, 6.45) is -35.6. The fraction of sp³-hybridized carbons (Fsp3) is 0.493. The zero-order valence-electron chi connectivity index (χ0n) is 58.2. The average Bonchev–Trinajstić information content (AvgIpc) is 0.765. The van der Waals surface area contributed by atoms with Crippen LogP contribution in [0, 0.1) is 5.92 Å². The maximum absolute atomic E-state index is 14.3. The minimum absolute atomic E-state index is 0.000142. The van der Waals surface area contributed by atoms with Crippen LogP contribution in [0.3, 0.4) is 0 Å². The van der Waals surface area contributed by atoms with Gasteiger partial charge in [-0.15, -0.1) is 0 Å². The largest absolute Gasteiger partial charge is 0.479 e. The number of rotatable bonds is 34. The topological polar surface area (TPSA) is 410 Å². The van der Waals surface area contributed by atoms with Crippen LogP contribution in [0.25, 0.3) is 20.9 Å². The number of carbonyl (C=O) groups is 2. The Morgan fingerprint density at radius 2 is 0.736 bits per heavy atom. The normalized spacial score (nSPS) is 33.1. The number of aliphatic hydroxyl groups excluding tert-OH is 5. The number of aliphatic carboxylic acids is 1. The van der Waals surface area contributed by atoms with Gasteiger partial charge in [0, 0.05) is 22.9 Å². The van der Waals surface area contributed by atoms with E-state index in [0.29, 0.717) is 22.3 Å². The third-order valence-electron chi connectivity index (χ3n) is 18.9. The van der Waals surface area contributed by atoms with E-state index in [-0.39, 0.29) is 39.6 Å². The van der Waals surface area contributed by atoms with Gasteiger partial charge < -0.3 is 111 Å². The van der Waals surface area contributed by atoms with Crippen molar-refractivity contribution in [2.24, 2.45) is 16.1 Å². The van der Waals surface area contributed by atoms with Gasteiger partial charge in [0.05, 0.1) is 78.8 Å². The Morgan fingerprint density at radius 1 is 0.387 bits per heavy atom. The maximum Gasteiger partial charge on any atom is 0.337 e. The van der Waals surface area contributed by atoms with Crippen molar-refractivity contribution in [1.82, 2.24) is 0 Å². The van der Waals surface area contributed by atoms with Crippen LogP contribution >= 0.6 is 0 Å². The first-order valence-electron chi connectivity index (χ1n) is 34.7. The Labute approximate surface area is 610 Å². The molecule has 0 aromatic heterocycles. The first-order valence-corrected chi connectivity index (χ1v) is 34.7. The van der Waals surface area contributed by atoms with Crippen LogP contribution in [0.15, 0.2) is 192 Å². The molecule has 106 heavy (non-hydrogen) atoms. The summed E-state index contributed by atoms with van der Waals surface area (Å²) >= 11 is 0. The van der Waals surface area contributed by atoms with Gasteiger partial charge in [0.25, 0.3) is 0 Å². The van der Waals surface area contributed by atoms with E-state index < -0.39 is 185 Å². The van der Waals surface area contributed by atoms with Crippen molar-refractivity contribution in [2.75, 3.05) is 34.0 Å². The summed E-state index contributed by atoms with van der Waals surface area (Å²) in [4.78, 5) is 34.6. The predicted octanol–water partition coefficient (Wildman–Crippen LogP) is 6.26. The van der Waals surface area contributed by atoms with Gasteiger partial charge >= 0.3 is 11.9 Å². The number of carbonyl (C=O) groups excluding carboxylic acids is 1. The SMILES string of the molecule is COC(=O)C1O[C@@H](O[C@@H]2C(CO)O[C@H](OC)C(C)[C@@H]2OCc2ccccc2)C(O)[C@@H](OCc2ccccc2)[C@H]1O[C@@H]1OC(CO)[C@@H](O[C@@H]2OC(C(=O)O)[C@@H](O[C@H]3OC(CO)[C@@H](OCc4ccccc4)[C@@H](OCc4ccccc4)C3N=[N+]=[N-])[C@@H](OCc3ccccc3)C2OCc2ccccc2)[C@H](O)C1N=[N+]=[N-]. The van der Waals surface area contributed by atoms with Crippen molar-refractivity contribution < 1.29 is 121 Å². The monoisotopic (exact) mass is 1470 g/mol. The van der Waals surface area contributed by atoms with Crippen LogP contribution in [0.1, 0.15) is 40.3 Å². The van der Waals surface area contributed by atoms with E-state index in [4.69, 9.17) is 80.5 Å². The number of nitrogens with zero attached hydrogens (tertiary/aromatic N) is 6. The van der Waals surface area contributed by atoms with Crippen molar-refractivity contribution in [3.63, 3.8) is 0 Å². The lowest BCUT2D eigenvalue weighted by atomic mass is 9.91. The van der Waals surface area contributed by atoms with Crippen molar-refractivity contribution in [3.8, 4) is 0 Å². The van der Waals surface area contributed by atoms with E-state index in [0.717, 1.165) is 18.2 Å². The standard InChI is InChI=1S/C75H88N6O25/c1-43-57(92-37-44-22-10-4-11-23-44)60(52(36-84)98-71(43)91-3)102-74-56(86)62(95-40-47-28-16-7-17-29-47)64(67(106-74)70(89)90-2)103-72-53(78-80-76)55(85)58(50(34-82)99-72)101-75-68(97-42-49-32-20-9-21-33-49)63(96-41-48-30-18-8-19-31-48)65(66(105-75)69(87)88)104-73-54(79-81-77)61(94-39-46-26-14-6-15-27-46)59(51(35-83)100-73)93-38-45-24-12-5-13-25-45/h4-33,43,50-68,71-75,82-86H,34-42H2,1-3H3,(H,87,88)/t43?,50?,51?,52?,53?,54?,55-,56?,57+,58-,59-,60-,61+,62-,63-,64-,65+,66?,67?,68?,71+,72+,73-,74-,75-/m1/s1. The molecule has 0 saturated carbocycles. The number of benzene rings is 6. The van der Waals surface area contributed by atoms with E-state index in [1.165, 1.54) is 7.11 Å². The lowest BCUT2D eigenvalue weighted by molar-refractivity contribution is -0.383. The van der Waals surface area contributed by atoms with Crippen LogP contribution in [0.4, 0.5) is 0 Å². The van der Waals surface area contributed by atoms with Gasteiger partial charge in [0.2, 0.25) is 0 Å². The number of hydrogen-bond acceptors (Lipinski definition) is 26. The van der Waals surface area contributed by atoms with Crippen LogP contribution in [0.5, 0.6) is 0 Å². The first-order chi connectivity index (χ1) is 51.8. The van der Waals surface area contributed by atoms with E-state index in [1.54, 1.807) is 97.9 Å². The predicted molar refractivity (Wildman–Crippen MR) is 368 cm³/mol. The second-order valence-corrected chi connectivity index (χ2v) is 25.8. The fourth-order valence-electron chi connectivity index (χ4n) is 13.5. The summed E-state index contributed by atoms with van der Waals surface area (Å²) in [5.74, 6) is -3.33. The molecule has 0 bridgehead atoms. The summed E-state index contributed by atoms with van der Waals surface area (Å²) in [5.41, 5.74) is 24.7. The minimum atomic E-state index is -2.15. The van der Waals surface area contributed by atoms with E-state index in [2.05, 4.69) is 20.1 Å². The molecule has 5 saturated heterocycles. The minimum Gasteiger partial charge on any atom is -0.479 e. The summed E-state index contributed by atoms with van der Waals surface area (Å²) in [5, 5.41) is 78.4. The highest BCUT2D eigenvalue weighted by atomic mass is 16.8. The molecule has 25 atom stereocenters. The molecule has 5 aliphatic heterocycles. The Bertz CT molecular complexity index is 3740. The maximum atomic E-state index is 14.3. The molecular weight excluding hydrogens is 1380 g/mol. The van der Waals surface area contributed by atoms with Crippen LogP contribution in [0.2, 0.25) is 0 Å². The second-order valence-electron chi connectivity index (χ2n) is 25.8. The van der Waals surface area contributed by atoms with Gasteiger partial charge in [-0.1, -0.05) is 199 Å². The molecule has 0 aliphatic carbocycles. The highest BCUT2D eigenvalue weighted by Gasteiger charge is 2.60. The Hall–Kier alpha value is -7.96. The van der Waals surface area contributed by atoms with Gasteiger partial charge in [0.1, 0.15) is 91.4 Å². The number of ether oxygens (including phenoxy) is 17. The van der Waals surface area contributed by atoms with Gasteiger partial charge in [0.15, 0.2) is 43.7 Å². The van der Waals surface area contributed by atoms with Crippen LogP contribution in [-0.2, 0) is 130 Å². The molecular formula is C75H88N6O25. The van der Waals surface area contributed by atoms with Crippen molar-refractivity contribution in [2.45, 2.75) is 194 Å². The smallest absolute Gasteiger partial charge is 0.337 e. The summed E-state index contributed by atoms with van der Waals surface area (Å²) in [7, 11) is 2.50. The van der Waals surface area contributed by atoms with Crippen molar-refractivity contribution in [1.29, 1.82) is 0 Å². The van der Waals surface area contributed by atoms with Crippen molar-refractivity contribution >= 4 is 11.9 Å². The summed E-state index contributed by atoms with van der Waals surface area (Å²) < 4.78 is 109. The molecule has 568 valence electrons. The molecule has 6 N–H and O–H groups in total. The number of carboxylic acids is 1. The van der Waals surface area contributed by atoms with Gasteiger partial charge in [-0.3, -0.25) is 0 Å². The number of carboxylic acid groups (broad SMARTS) is 1. The molecule has 6 aromatic carbocycles. The lowest BCUT2D eigenvalue weighted by Crippen LogP contribution is -2.69. The number of hydrogen-bond donors (Lipinski definition) is 6. The van der Waals surface area contributed by atoms with Crippen molar-refractivity contribution in [3.05, 3.63) is 236 Å². The van der Waals surface area contributed by atoms with E-state index in [1.807, 2.05) is 91.0 Å². The molecule has 6 aromatic rings. The highest BCUT2D eigenvalue weighted by Crippen LogP contribution is 2.41. The third-order valence-corrected chi connectivity index (χ3v) is 18.9. The zero-order chi connectivity index (χ0) is 74.5. The lowest BCUT2D eigenvalue weighted by Gasteiger charge is -2.51. The van der Waals surface area contributed by atoms with Gasteiger partial charge in [-0.2, -0.15) is 0 Å². The molecule has 31 nitrogen and oxygen atoms in total. The molecule has 5 heterocycles. The van der Waals surface area contributed by atoms with Crippen LogP contribution < -0.4 is 0 Å². The molecule has 0 amide bonds. The van der Waals surface area contributed by atoms with Gasteiger partial charge in [-0.25, -0.2) is 9.59 Å². The number of aliphatic hydroxyl groups is 5. The first kappa shape index (κ1) is 79.1. The van der Waals surface area contributed by atoms with E-state index in [9.17, 15) is 51.3 Å². The zero-order valence-corrected chi connectivity index (χ0v) is 58.2. The molecule has 31 heteroatoms.